The summed E-state index contributed by atoms with van der Waals surface area (Å²) in [5.41, 5.74) is 0. The Balaban J connectivity index is 2.19. The quantitative estimate of drug-likeness (QED) is 0.701. The van der Waals surface area contributed by atoms with Gasteiger partial charge in [0.2, 0.25) is 5.91 Å². The molecule has 3 nitrogen and oxygen atoms in total. The summed E-state index contributed by atoms with van der Waals surface area (Å²) < 4.78 is 5.06. The number of hydrogen-bond donors (Lipinski definition) is 1. The maximum Gasteiger partial charge on any atom is 0.248 e. The van der Waals surface area contributed by atoms with E-state index in [1.807, 2.05) is 4.90 Å². The maximum absolute atomic E-state index is 11.4. The Morgan fingerprint density at radius 2 is 2.36 bits per heavy atom. The van der Waals surface area contributed by atoms with Crippen LogP contribution in [0.15, 0.2) is 0 Å². The van der Waals surface area contributed by atoms with Crippen LogP contribution in [0.3, 0.4) is 0 Å². The fourth-order valence-electron chi connectivity index (χ4n) is 1.53. The topological polar surface area (TPSA) is 29.5 Å². The van der Waals surface area contributed by atoms with E-state index in [0.29, 0.717) is 12.5 Å². The van der Waals surface area contributed by atoms with E-state index in [0.717, 1.165) is 31.7 Å². The molecule has 0 spiro atoms. The Morgan fingerprint density at radius 3 is 3.00 bits per heavy atom. The third-order valence-corrected chi connectivity index (χ3v) is 2.86. The Bertz CT molecular complexity index is 187. The van der Waals surface area contributed by atoms with Crippen LogP contribution in [0.5, 0.6) is 0 Å². The average Bonchev–Trinajstić information content (AvgIpc) is 2.17. The predicted octanol–water partition coefficient (Wildman–Crippen LogP) is 1.19. The zero-order valence-electron chi connectivity index (χ0n) is 8.74. The third-order valence-electron chi connectivity index (χ3n) is 2.60. The van der Waals surface area contributed by atoms with Crippen molar-refractivity contribution < 1.29 is 9.53 Å². The van der Waals surface area contributed by atoms with Crippen molar-refractivity contribution in [3.8, 4) is 0 Å². The first-order valence-corrected chi connectivity index (χ1v) is 5.83. The van der Waals surface area contributed by atoms with Crippen LogP contribution in [-0.4, -0.2) is 42.9 Å². The van der Waals surface area contributed by atoms with Crippen LogP contribution in [0.1, 0.15) is 19.8 Å². The molecule has 1 fully saturated rings. The molecule has 0 bridgehead atoms. The number of nitrogens with zero attached hydrogens (tertiary/aromatic N) is 1. The van der Waals surface area contributed by atoms with E-state index >= 15 is 0 Å². The van der Waals surface area contributed by atoms with Crippen LogP contribution >= 0.6 is 12.6 Å². The van der Waals surface area contributed by atoms with Crippen molar-refractivity contribution in [1.82, 2.24) is 4.90 Å². The first kappa shape index (κ1) is 11.9. The zero-order valence-corrected chi connectivity index (χ0v) is 9.63. The highest BCUT2D eigenvalue weighted by molar-refractivity contribution is 7.80. The van der Waals surface area contributed by atoms with E-state index in [2.05, 4.69) is 19.6 Å². The highest BCUT2D eigenvalue weighted by atomic mass is 32.1. The lowest BCUT2D eigenvalue weighted by Gasteiger charge is -2.27. The molecule has 0 saturated carbocycles. The first-order chi connectivity index (χ1) is 6.74. The minimum Gasteiger partial charge on any atom is -0.370 e. The van der Waals surface area contributed by atoms with E-state index in [4.69, 9.17) is 4.74 Å². The van der Waals surface area contributed by atoms with Crippen molar-refractivity contribution in [2.45, 2.75) is 19.8 Å². The summed E-state index contributed by atoms with van der Waals surface area (Å²) in [7, 11) is 0. The van der Waals surface area contributed by atoms with E-state index in [-0.39, 0.29) is 12.5 Å². The van der Waals surface area contributed by atoms with Gasteiger partial charge in [0, 0.05) is 13.1 Å². The van der Waals surface area contributed by atoms with Crippen molar-refractivity contribution in [2.24, 2.45) is 5.92 Å². The molecule has 1 heterocycles. The summed E-state index contributed by atoms with van der Waals surface area (Å²) in [4.78, 5) is 13.3. The molecule has 0 aromatic heterocycles. The summed E-state index contributed by atoms with van der Waals surface area (Å²) in [5, 5.41) is 0. The number of thiol groups is 1. The van der Waals surface area contributed by atoms with Crippen LogP contribution in [0.25, 0.3) is 0 Å². The highest BCUT2D eigenvalue weighted by Gasteiger charge is 2.18. The Hall–Kier alpha value is -0.220. The monoisotopic (exact) mass is 217 g/mol. The second-order valence-electron chi connectivity index (χ2n) is 3.84. The van der Waals surface area contributed by atoms with Gasteiger partial charge in [-0.2, -0.15) is 12.6 Å². The fraction of sp³-hybridized carbons (Fsp3) is 0.900. The molecule has 1 unspecified atom stereocenters. The van der Waals surface area contributed by atoms with Gasteiger partial charge >= 0.3 is 0 Å². The molecule has 82 valence electrons. The minimum atomic E-state index is 0.134. The Labute approximate surface area is 91.2 Å². The second kappa shape index (κ2) is 6.30. The number of ether oxygens (including phenoxy) is 1. The van der Waals surface area contributed by atoms with E-state index in [1.54, 1.807) is 0 Å². The predicted molar refractivity (Wildman–Crippen MR) is 59.7 cm³/mol. The molecule has 1 amide bonds. The van der Waals surface area contributed by atoms with Gasteiger partial charge in [-0.05, 0) is 24.5 Å². The van der Waals surface area contributed by atoms with Gasteiger partial charge in [0.15, 0.2) is 0 Å². The lowest BCUT2D eigenvalue weighted by atomic mass is 10.0. The summed E-state index contributed by atoms with van der Waals surface area (Å²) >= 11 is 4.20. The summed E-state index contributed by atoms with van der Waals surface area (Å²) in [6, 6.07) is 0. The van der Waals surface area contributed by atoms with Gasteiger partial charge in [-0.1, -0.05) is 6.92 Å². The van der Waals surface area contributed by atoms with Crippen molar-refractivity contribution in [3.05, 3.63) is 0 Å². The van der Waals surface area contributed by atoms with Crippen molar-refractivity contribution in [2.75, 3.05) is 32.1 Å². The largest absolute Gasteiger partial charge is 0.370 e. The zero-order chi connectivity index (χ0) is 10.4. The van der Waals surface area contributed by atoms with Crippen molar-refractivity contribution in [1.29, 1.82) is 0 Å². The molecular formula is C10H19NO2S. The van der Waals surface area contributed by atoms with Crippen molar-refractivity contribution >= 4 is 18.5 Å². The summed E-state index contributed by atoms with van der Waals surface area (Å²) in [6.45, 7) is 4.79. The highest BCUT2D eigenvalue weighted by Crippen LogP contribution is 2.10. The molecule has 0 radical (unpaired) electrons. The lowest BCUT2D eigenvalue weighted by Crippen LogP contribution is -2.42. The van der Waals surface area contributed by atoms with Gasteiger partial charge in [0.05, 0.1) is 6.61 Å². The smallest absolute Gasteiger partial charge is 0.248 e. The van der Waals surface area contributed by atoms with Crippen LogP contribution in [0.2, 0.25) is 0 Å². The molecule has 0 aromatic rings. The average molecular weight is 217 g/mol. The van der Waals surface area contributed by atoms with Gasteiger partial charge in [-0.15, -0.1) is 0 Å². The first-order valence-electron chi connectivity index (χ1n) is 5.20. The van der Waals surface area contributed by atoms with E-state index in [9.17, 15) is 4.79 Å². The Morgan fingerprint density at radius 1 is 1.57 bits per heavy atom. The Kier molecular flexibility index (Phi) is 5.33. The van der Waals surface area contributed by atoms with Gasteiger partial charge in [0.25, 0.3) is 0 Å². The van der Waals surface area contributed by atoms with E-state index in [1.165, 1.54) is 0 Å². The molecule has 0 N–H and O–H groups in total. The number of amides is 1. The summed E-state index contributed by atoms with van der Waals surface area (Å²) in [5.74, 6) is 1.72. The second-order valence-corrected chi connectivity index (χ2v) is 4.29. The van der Waals surface area contributed by atoms with E-state index < -0.39 is 0 Å². The number of rotatable bonds is 5. The van der Waals surface area contributed by atoms with Gasteiger partial charge < -0.3 is 9.64 Å². The van der Waals surface area contributed by atoms with Crippen LogP contribution in [0.4, 0.5) is 0 Å². The molecule has 14 heavy (non-hydrogen) atoms. The molecule has 1 rings (SSSR count). The molecule has 1 saturated heterocycles. The molecule has 0 aromatic carbocycles. The van der Waals surface area contributed by atoms with Gasteiger partial charge in [-0.25, -0.2) is 0 Å². The number of carbonyl (C=O) groups excluding carboxylic acids is 1. The molecule has 0 aliphatic carbocycles. The lowest BCUT2D eigenvalue weighted by molar-refractivity contribution is -0.142. The number of hydrogen-bond acceptors (Lipinski definition) is 3. The van der Waals surface area contributed by atoms with Crippen LogP contribution < -0.4 is 0 Å². The number of carbonyl (C=O) groups is 1. The van der Waals surface area contributed by atoms with Gasteiger partial charge in [-0.3, -0.25) is 4.79 Å². The molecule has 1 aliphatic heterocycles. The number of morpholine rings is 1. The fourth-order valence-corrected chi connectivity index (χ4v) is 1.97. The molecule has 1 atom stereocenters. The van der Waals surface area contributed by atoms with Crippen molar-refractivity contribution in [3.63, 3.8) is 0 Å². The third kappa shape index (κ3) is 3.88. The SMILES string of the molecule is CC(CCS)CCN1CCOCC1=O. The maximum atomic E-state index is 11.4. The normalized spacial score (nSPS) is 19.9. The van der Waals surface area contributed by atoms with Crippen LogP contribution in [-0.2, 0) is 9.53 Å². The standard InChI is InChI=1S/C10H19NO2S/c1-9(3-7-14)2-4-11-5-6-13-8-10(11)12/h9,14H,2-8H2,1H3. The molecule has 1 aliphatic rings. The van der Waals surface area contributed by atoms with Crippen LogP contribution in [0, 0.1) is 5.92 Å². The molecular weight excluding hydrogens is 198 g/mol. The van der Waals surface area contributed by atoms with Gasteiger partial charge in [0.1, 0.15) is 6.61 Å². The minimum absolute atomic E-state index is 0.134. The molecule has 4 heteroatoms. The summed E-state index contributed by atoms with van der Waals surface area (Å²) in [6.07, 6.45) is 2.20.